The van der Waals surface area contributed by atoms with Crippen molar-refractivity contribution in [3.05, 3.63) is 51.0 Å². The molecule has 2 aromatic rings. The van der Waals surface area contributed by atoms with Crippen molar-refractivity contribution in [2.45, 2.75) is 25.9 Å². The molecule has 1 atom stereocenters. The summed E-state index contributed by atoms with van der Waals surface area (Å²) in [5, 5.41) is 7.92. The van der Waals surface area contributed by atoms with Gasteiger partial charge in [0, 0.05) is 16.6 Å². The summed E-state index contributed by atoms with van der Waals surface area (Å²) in [5.41, 5.74) is 1.33. The van der Waals surface area contributed by atoms with Crippen LogP contribution in [0.1, 0.15) is 30.6 Å². The Hall–Kier alpha value is -0.910. The van der Waals surface area contributed by atoms with Crippen LogP contribution in [0.25, 0.3) is 0 Å². The third-order valence-corrected chi connectivity index (χ3v) is 3.88. The van der Waals surface area contributed by atoms with Crippen molar-refractivity contribution in [2.24, 2.45) is 0 Å². The minimum atomic E-state index is -0.339. The summed E-state index contributed by atoms with van der Waals surface area (Å²) in [6, 6.07) is 4.54. The molecule has 20 heavy (non-hydrogen) atoms. The van der Waals surface area contributed by atoms with Crippen LogP contribution < -0.4 is 5.32 Å². The van der Waals surface area contributed by atoms with E-state index in [4.69, 9.17) is 11.6 Å². The van der Waals surface area contributed by atoms with Gasteiger partial charge in [-0.05, 0) is 31.7 Å². The Morgan fingerprint density at radius 1 is 1.50 bits per heavy atom. The van der Waals surface area contributed by atoms with Crippen LogP contribution in [0.4, 0.5) is 4.39 Å². The van der Waals surface area contributed by atoms with Crippen molar-refractivity contribution < 1.29 is 4.39 Å². The minimum Gasteiger partial charge on any atom is -0.308 e. The number of benzene rings is 1. The fourth-order valence-corrected chi connectivity index (χ4v) is 2.85. The Balaban J connectivity index is 2.52. The van der Waals surface area contributed by atoms with Crippen LogP contribution in [0.3, 0.4) is 0 Å². The Bertz CT molecular complexity index is 600. The van der Waals surface area contributed by atoms with E-state index >= 15 is 0 Å². The lowest BCUT2D eigenvalue weighted by Crippen LogP contribution is -2.23. The van der Waals surface area contributed by atoms with E-state index < -0.39 is 0 Å². The molecule has 6 heteroatoms. The van der Waals surface area contributed by atoms with Crippen LogP contribution in [-0.2, 0) is 6.54 Å². The molecular formula is C14H16BrClFN3. The average molecular weight is 361 g/mol. The number of nitrogens with one attached hydrogen (secondary N) is 1. The van der Waals surface area contributed by atoms with Gasteiger partial charge in [-0.2, -0.15) is 5.10 Å². The van der Waals surface area contributed by atoms with Gasteiger partial charge in [-0.15, -0.1) is 0 Å². The molecule has 1 aromatic heterocycles. The molecule has 0 aliphatic rings. The summed E-state index contributed by atoms with van der Waals surface area (Å²) >= 11 is 9.61. The summed E-state index contributed by atoms with van der Waals surface area (Å²) in [6.07, 6.45) is 2.54. The van der Waals surface area contributed by atoms with Crippen molar-refractivity contribution in [1.82, 2.24) is 15.1 Å². The second kappa shape index (κ2) is 6.70. The van der Waals surface area contributed by atoms with E-state index in [-0.39, 0.29) is 11.9 Å². The molecule has 0 bridgehead atoms. The first-order valence-corrected chi connectivity index (χ1v) is 7.59. The molecule has 108 valence electrons. The molecule has 0 radical (unpaired) electrons. The predicted molar refractivity (Wildman–Crippen MR) is 82.5 cm³/mol. The van der Waals surface area contributed by atoms with Gasteiger partial charge in [0.15, 0.2) is 0 Å². The maximum Gasteiger partial charge on any atom is 0.128 e. The molecule has 0 aliphatic carbocycles. The summed E-state index contributed by atoms with van der Waals surface area (Å²) in [5.74, 6) is -0.270. The van der Waals surface area contributed by atoms with E-state index in [9.17, 15) is 4.39 Å². The van der Waals surface area contributed by atoms with E-state index in [0.717, 1.165) is 23.1 Å². The molecule has 0 saturated carbocycles. The number of rotatable bonds is 5. The quantitative estimate of drug-likeness (QED) is 0.868. The molecule has 0 spiro atoms. The fourth-order valence-electron chi connectivity index (χ4n) is 2.22. The van der Waals surface area contributed by atoms with Crippen LogP contribution in [0, 0.1) is 5.82 Å². The minimum absolute atomic E-state index is 0.270. The maximum atomic E-state index is 14.1. The van der Waals surface area contributed by atoms with E-state index in [1.54, 1.807) is 25.4 Å². The lowest BCUT2D eigenvalue weighted by atomic mass is 10.0. The number of aryl methyl sites for hydroxylation is 1. The van der Waals surface area contributed by atoms with Crippen LogP contribution in [0.5, 0.6) is 0 Å². The molecular weight excluding hydrogens is 345 g/mol. The van der Waals surface area contributed by atoms with E-state index in [2.05, 4.69) is 33.3 Å². The van der Waals surface area contributed by atoms with Gasteiger partial charge >= 0.3 is 0 Å². The van der Waals surface area contributed by atoms with E-state index in [1.807, 2.05) is 4.68 Å². The third-order valence-electron chi connectivity index (χ3n) is 3.10. The van der Waals surface area contributed by atoms with Gasteiger partial charge in [0.1, 0.15) is 5.82 Å². The van der Waals surface area contributed by atoms with E-state index in [1.165, 1.54) is 6.07 Å². The SMILES string of the molecule is CCCn1ncc(Cl)c1C(NC)c1cc(Br)ccc1F. The molecule has 0 fully saturated rings. The van der Waals surface area contributed by atoms with Crippen molar-refractivity contribution in [1.29, 1.82) is 0 Å². The second-order valence-electron chi connectivity index (χ2n) is 4.49. The molecule has 0 aliphatic heterocycles. The van der Waals surface area contributed by atoms with Gasteiger partial charge in [0.05, 0.1) is 23.0 Å². The summed E-state index contributed by atoms with van der Waals surface area (Å²) < 4.78 is 16.8. The highest BCUT2D eigenvalue weighted by Crippen LogP contribution is 2.31. The monoisotopic (exact) mass is 359 g/mol. The van der Waals surface area contributed by atoms with Gasteiger partial charge in [-0.25, -0.2) is 4.39 Å². The van der Waals surface area contributed by atoms with Gasteiger partial charge in [0.25, 0.3) is 0 Å². The van der Waals surface area contributed by atoms with Gasteiger partial charge in [0.2, 0.25) is 0 Å². The molecule has 0 amide bonds. The normalized spacial score (nSPS) is 12.7. The average Bonchev–Trinajstić information content (AvgIpc) is 2.77. The van der Waals surface area contributed by atoms with Crippen molar-refractivity contribution in [3.8, 4) is 0 Å². The number of hydrogen-bond acceptors (Lipinski definition) is 2. The lowest BCUT2D eigenvalue weighted by Gasteiger charge is -2.20. The topological polar surface area (TPSA) is 29.9 Å². The Labute approximate surface area is 131 Å². The zero-order chi connectivity index (χ0) is 14.7. The predicted octanol–water partition coefficient (Wildman–Crippen LogP) is 4.16. The molecule has 1 unspecified atom stereocenters. The molecule has 1 heterocycles. The Morgan fingerprint density at radius 2 is 2.25 bits per heavy atom. The van der Waals surface area contributed by atoms with Gasteiger partial charge in [-0.1, -0.05) is 34.5 Å². The van der Waals surface area contributed by atoms with Crippen LogP contribution in [0.15, 0.2) is 28.9 Å². The molecule has 3 nitrogen and oxygen atoms in total. The third kappa shape index (κ3) is 3.05. The summed E-state index contributed by atoms with van der Waals surface area (Å²) in [7, 11) is 1.78. The van der Waals surface area contributed by atoms with Crippen molar-refractivity contribution in [2.75, 3.05) is 7.05 Å². The standard InChI is InChI=1S/C14H16BrClFN3/c1-3-6-20-14(11(16)8-19-20)13(18-2)10-7-9(15)4-5-12(10)17/h4-5,7-8,13,18H,3,6H2,1-2H3. The molecule has 2 rings (SSSR count). The number of nitrogens with zero attached hydrogens (tertiary/aromatic N) is 2. The second-order valence-corrected chi connectivity index (χ2v) is 5.81. The number of halogens is 3. The first-order valence-electron chi connectivity index (χ1n) is 6.41. The largest absolute Gasteiger partial charge is 0.308 e. The summed E-state index contributed by atoms with van der Waals surface area (Å²) in [6.45, 7) is 2.81. The highest BCUT2D eigenvalue weighted by molar-refractivity contribution is 9.10. The molecule has 1 N–H and O–H groups in total. The van der Waals surface area contributed by atoms with Crippen molar-refractivity contribution >= 4 is 27.5 Å². The fraction of sp³-hybridized carbons (Fsp3) is 0.357. The Morgan fingerprint density at radius 3 is 2.90 bits per heavy atom. The smallest absolute Gasteiger partial charge is 0.128 e. The maximum absolute atomic E-state index is 14.1. The first-order chi connectivity index (χ1) is 9.58. The van der Waals surface area contributed by atoms with E-state index in [0.29, 0.717) is 10.6 Å². The highest BCUT2D eigenvalue weighted by atomic mass is 79.9. The zero-order valence-electron chi connectivity index (χ0n) is 11.3. The summed E-state index contributed by atoms with van der Waals surface area (Å²) in [4.78, 5) is 0. The number of hydrogen-bond donors (Lipinski definition) is 1. The van der Waals surface area contributed by atoms with Gasteiger partial charge in [-0.3, -0.25) is 4.68 Å². The van der Waals surface area contributed by atoms with Crippen LogP contribution >= 0.6 is 27.5 Å². The van der Waals surface area contributed by atoms with Gasteiger partial charge < -0.3 is 5.32 Å². The van der Waals surface area contributed by atoms with Crippen molar-refractivity contribution in [3.63, 3.8) is 0 Å². The van der Waals surface area contributed by atoms with Crippen LogP contribution in [0.2, 0.25) is 5.02 Å². The lowest BCUT2D eigenvalue weighted by molar-refractivity contribution is 0.516. The molecule has 0 saturated heterocycles. The molecule has 1 aromatic carbocycles. The highest BCUT2D eigenvalue weighted by Gasteiger charge is 2.23. The Kier molecular flexibility index (Phi) is 5.18. The first kappa shape index (κ1) is 15.5. The number of aromatic nitrogens is 2. The van der Waals surface area contributed by atoms with Crippen LogP contribution in [-0.4, -0.2) is 16.8 Å². The zero-order valence-corrected chi connectivity index (χ0v) is 13.7.